The largest absolute Gasteiger partial charge is 0.466 e. The topological polar surface area (TPSA) is 100 Å². The van der Waals surface area contributed by atoms with E-state index in [9.17, 15) is 14.4 Å². The van der Waals surface area contributed by atoms with E-state index in [1.165, 1.54) is 0 Å². The summed E-state index contributed by atoms with van der Waals surface area (Å²) in [6.45, 7) is 3.49. The van der Waals surface area contributed by atoms with Gasteiger partial charge in [0.2, 0.25) is 0 Å². The Morgan fingerprint density at radius 2 is 1.83 bits per heavy atom. The molecule has 8 heteroatoms. The van der Waals surface area contributed by atoms with Gasteiger partial charge >= 0.3 is 11.9 Å². The second-order valence-corrected chi connectivity index (χ2v) is 4.88. The van der Waals surface area contributed by atoms with E-state index in [0.29, 0.717) is 10.9 Å². The number of carbonyl (C=O) groups is 2. The molecule has 2 aromatic rings. The lowest BCUT2D eigenvalue weighted by molar-refractivity contribution is -0.148. The third-order valence-electron chi connectivity index (χ3n) is 3.20. The quantitative estimate of drug-likeness (QED) is 0.694. The lowest BCUT2D eigenvalue weighted by Crippen LogP contribution is -2.31. The fourth-order valence-electron chi connectivity index (χ4n) is 2.12. The van der Waals surface area contributed by atoms with E-state index in [1.807, 2.05) is 0 Å². The average Bonchev–Trinajstić information content (AvgIpc) is 2.57. The molecule has 1 aromatic carbocycles. The molecule has 127 valence electrons. The molecule has 0 spiro atoms. The van der Waals surface area contributed by atoms with E-state index in [-0.39, 0.29) is 32.1 Å². The second-order valence-electron chi connectivity index (χ2n) is 4.88. The smallest absolute Gasteiger partial charge is 0.315 e. The first-order valence-electron chi connectivity index (χ1n) is 7.56. The summed E-state index contributed by atoms with van der Waals surface area (Å²) >= 11 is 0. The van der Waals surface area contributed by atoms with E-state index in [1.54, 1.807) is 38.1 Å². The summed E-state index contributed by atoms with van der Waals surface area (Å²) in [5.41, 5.74) is 0.0630. The van der Waals surface area contributed by atoms with E-state index in [0.717, 1.165) is 4.68 Å². The molecule has 0 bridgehead atoms. The molecule has 24 heavy (non-hydrogen) atoms. The monoisotopic (exact) mass is 332 g/mol. The molecule has 1 radical (unpaired) electrons. The van der Waals surface area contributed by atoms with Gasteiger partial charge in [-0.3, -0.25) is 14.4 Å². The summed E-state index contributed by atoms with van der Waals surface area (Å²) in [7, 11) is 0. The van der Waals surface area contributed by atoms with Crippen LogP contribution in [-0.4, -0.2) is 40.1 Å². The van der Waals surface area contributed by atoms with E-state index >= 15 is 0 Å². The van der Waals surface area contributed by atoms with Crippen LogP contribution in [0, 0.1) is 5.92 Å². The molecule has 0 saturated carbocycles. The van der Waals surface area contributed by atoms with Gasteiger partial charge in [0.05, 0.1) is 31.6 Å². The standard InChI is InChI=1S/C16H18N3O5/c1-3-23-14(20)9-11(16(22)24-4-2)10-19-15(21)12-7-5-6-8-13(12)17-18-19/h5-8H,3-4,9-10H2,1-2H3. The average molecular weight is 332 g/mol. The van der Waals surface area contributed by atoms with Crippen molar-refractivity contribution in [2.24, 2.45) is 0 Å². The highest BCUT2D eigenvalue weighted by atomic mass is 16.5. The molecule has 0 amide bonds. The van der Waals surface area contributed by atoms with Crippen LogP contribution in [0.5, 0.6) is 0 Å². The molecule has 0 aliphatic carbocycles. The number of hydrogen-bond donors (Lipinski definition) is 0. The zero-order chi connectivity index (χ0) is 17.5. The van der Waals surface area contributed by atoms with Crippen LogP contribution in [0.1, 0.15) is 20.3 Å². The molecule has 0 unspecified atom stereocenters. The van der Waals surface area contributed by atoms with Crippen molar-refractivity contribution in [1.29, 1.82) is 0 Å². The van der Waals surface area contributed by atoms with E-state index < -0.39 is 17.5 Å². The molecule has 1 aromatic heterocycles. The summed E-state index contributed by atoms with van der Waals surface area (Å²) in [6.07, 6.45) is -0.270. The molecular weight excluding hydrogens is 314 g/mol. The zero-order valence-electron chi connectivity index (χ0n) is 13.5. The Morgan fingerprint density at radius 3 is 2.54 bits per heavy atom. The molecule has 0 aliphatic rings. The minimum absolute atomic E-state index is 0.0852. The maximum Gasteiger partial charge on any atom is 0.315 e. The summed E-state index contributed by atoms with van der Waals surface area (Å²) in [4.78, 5) is 36.1. The van der Waals surface area contributed by atoms with Crippen LogP contribution in [0.3, 0.4) is 0 Å². The highest BCUT2D eigenvalue weighted by molar-refractivity contribution is 5.90. The van der Waals surface area contributed by atoms with Crippen LogP contribution in [0.4, 0.5) is 0 Å². The van der Waals surface area contributed by atoms with E-state index in [4.69, 9.17) is 9.47 Å². The number of fused-ring (bicyclic) bond motifs is 1. The van der Waals surface area contributed by atoms with Crippen molar-refractivity contribution >= 4 is 22.8 Å². The molecule has 8 nitrogen and oxygen atoms in total. The van der Waals surface area contributed by atoms with Crippen molar-refractivity contribution in [2.45, 2.75) is 26.8 Å². The zero-order valence-corrected chi connectivity index (χ0v) is 13.5. The Hall–Kier alpha value is -2.77. The predicted octanol–water partition coefficient (Wildman–Crippen LogP) is 0.882. The first kappa shape index (κ1) is 17.6. The van der Waals surface area contributed by atoms with Gasteiger partial charge in [-0.15, -0.1) is 5.10 Å². The number of esters is 2. The fourth-order valence-corrected chi connectivity index (χ4v) is 2.12. The van der Waals surface area contributed by atoms with Crippen LogP contribution < -0.4 is 5.56 Å². The normalized spacial score (nSPS) is 10.8. The lowest BCUT2D eigenvalue weighted by atomic mass is 10.1. The Labute approximate surface area is 138 Å². The predicted molar refractivity (Wildman–Crippen MR) is 84.9 cm³/mol. The molecule has 0 aliphatic heterocycles. The van der Waals surface area contributed by atoms with Gasteiger partial charge in [-0.2, -0.15) is 0 Å². The minimum Gasteiger partial charge on any atom is -0.466 e. The number of ether oxygens (including phenoxy) is 2. The maximum atomic E-state index is 12.4. The van der Waals surface area contributed by atoms with Gasteiger partial charge < -0.3 is 9.47 Å². The van der Waals surface area contributed by atoms with Crippen molar-refractivity contribution in [3.05, 3.63) is 40.5 Å². The summed E-state index contributed by atoms with van der Waals surface area (Å²) in [6, 6.07) is 6.75. The summed E-state index contributed by atoms with van der Waals surface area (Å²) in [5.74, 6) is -1.14. The number of aromatic nitrogens is 3. The molecule has 2 rings (SSSR count). The van der Waals surface area contributed by atoms with Gasteiger partial charge in [0.25, 0.3) is 5.56 Å². The Kier molecular flexibility index (Phi) is 6.00. The molecule has 0 saturated heterocycles. The lowest BCUT2D eigenvalue weighted by Gasteiger charge is -2.14. The van der Waals surface area contributed by atoms with Gasteiger partial charge in [0, 0.05) is 0 Å². The SMILES string of the molecule is CCOC(=O)C[C](Cn1nnc2ccccc2c1=O)C(=O)OCC. The van der Waals surface area contributed by atoms with Gasteiger partial charge in [-0.05, 0) is 26.0 Å². The third-order valence-corrected chi connectivity index (χ3v) is 3.20. The minimum atomic E-state index is -0.660. The number of nitrogens with zero attached hydrogens (tertiary/aromatic N) is 3. The molecule has 0 fully saturated rings. The summed E-state index contributed by atoms with van der Waals surface area (Å²) < 4.78 is 10.8. The fraction of sp³-hybridized carbons (Fsp3) is 0.375. The van der Waals surface area contributed by atoms with Gasteiger partial charge in [-0.25, -0.2) is 4.68 Å². The van der Waals surface area contributed by atoms with Crippen LogP contribution in [0.15, 0.2) is 29.1 Å². The van der Waals surface area contributed by atoms with Crippen LogP contribution in [0.25, 0.3) is 10.9 Å². The number of carbonyl (C=O) groups excluding carboxylic acids is 2. The van der Waals surface area contributed by atoms with Crippen molar-refractivity contribution in [2.75, 3.05) is 13.2 Å². The van der Waals surface area contributed by atoms with Crippen LogP contribution >= 0.6 is 0 Å². The number of hydrogen-bond acceptors (Lipinski definition) is 7. The van der Waals surface area contributed by atoms with Gasteiger partial charge in [-0.1, -0.05) is 17.3 Å². The Bertz CT molecular complexity index is 787. The highest BCUT2D eigenvalue weighted by Crippen LogP contribution is 2.13. The number of rotatable bonds is 7. The summed E-state index contributed by atoms with van der Waals surface area (Å²) in [5, 5.41) is 8.14. The van der Waals surface area contributed by atoms with Crippen LogP contribution in [-0.2, 0) is 25.6 Å². The Morgan fingerprint density at radius 1 is 1.12 bits per heavy atom. The van der Waals surface area contributed by atoms with Crippen molar-refractivity contribution < 1.29 is 19.1 Å². The van der Waals surface area contributed by atoms with Gasteiger partial charge in [0.1, 0.15) is 11.4 Å². The first-order chi connectivity index (χ1) is 11.6. The van der Waals surface area contributed by atoms with Crippen molar-refractivity contribution in [3.8, 4) is 0 Å². The van der Waals surface area contributed by atoms with Crippen molar-refractivity contribution in [1.82, 2.24) is 15.0 Å². The third kappa shape index (κ3) is 4.15. The molecule has 0 N–H and O–H groups in total. The van der Waals surface area contributed by atoms with Gasteiger partial charge in [0.15, 0.2) is 0 Å². The highest BCUT2D eigenvalue weighted by Gasteiger charge is 2.27. The van der Waals surface area contributed by atoms with Crippen LogP contribution in [0.2, 0.25) is 0 Å². The second kappa shape index (κ2) is 8.19. The first-order valence-corrected chi connectivity index (χ1v) is 7.56. The Balaban J connectivity index is 2.28. The van der Waals surface area contributed by atoms with E-state index in [2.05, 4.69) is 10.3 Å². The molecular formula is C16H18N3O5. The molecule has 0 atom stereocenters. The number of benzene rings is 1. The maximum absolute atomic E-state index is 12.4. The molecule has 1 heterocycles. The van der Waals surface area contributed by atoms with Crippen molar-refractivity contribution in [3.63, 3.8) is 0 Å².